The summed E-state index contributed by atoms with van der Waals surface area (Å²) in [6.07, 6.45) is 0.390. The van der Waals surface area contributed by atoms with E-state index in [1.165, 1.54) is 0 Å². The van der Waals surface area contributed by atoms with Crippen LogP contribution in [0.4, 0.5) is 0 Å². The number of aliphatic hydroxyl groups excluding tert-OH is 1. The molecule has 1 aliphatic rings. The lowest BCUT2D eigenvalue weighted by atomic mass is 9.90. The van der Waals surface area contributed by atoms with Crippen molar-refractivity contribution in [2.75, 3.05) is 6.61 Å². The first-order valence-corrected chi connectivity index (χ1v) is 6.95. The van der Waals surface area contributed by atoms with Crippen molar-refractivity contribution in [2.45, 2.75) is 25.6 Å². The predicted octanol–water partition coefficient (Wildman–Crippen LogP) is 1.34. The SMILES string of the molecule is CC1OCCC1C(O)c1ccc2c(c1)n(C)c(=O)n2C. The Hall–Kier alpha value is -1.59. The summed E-state index contributed by atoms with van der Waals surface area (Å²) < 4.78 is 8.75. The van der Waals surface area contributed by atoms with Crippen molar-refractivity contribution in [1.82, 2.24) is 9.13 Å². The monoisotopic (exact) mass is 276 g/mol. The molecule has 0 spiro atoms. The van der Waals surface area contributed by atoms with Gasteiger partial charge in [0.15, 0.2) is 0 Å². The summed E-state index contributed by atoms with van der Waals surface area (Å²) in [5, 5.41) is 10.5. The van der Waals surface area contributed by atoms with E-state index in [0.717, 1.165) is 23.0 Å². The second kappa shape index (κ2) is 4.75. The highest BCUT2D eigenvalue weighted by Gasteiger charge is 2.31. The van der Waals surface area contributed by atoms with Crippen LogP contribution < -0.4 is 5.69 Å². The Morgan fingerprint density at radius 3 is 2.65 bits per heavy atom. The molecular weight excluding hydrogens is 256 g/mol. The van der Waals surface area contributed by atoms with E-state index in [2.05, 4.69) is 0 Å². The molecule has 1 aliphatic heterocycles. The molecule has 0 amide bonds. The highest BCUT2D eigenvalue weighted by atomic mass is 16.5. The Morgan fingerprint density at radius 1 is 1.30 bits per heavy atom. The molecule has 0 radical (unpaired) electrons. The van der Waals surface area contributed by atoms with Gasteiger partial charge in [-0.15, -0.1) is 0 Å². The Labute approximate surface area is 117 Å². The zero-order valence-electron chi connectivity index (χ0n) is 12.0. The van der Waals surface area contributed by atoms with Crippen LogP contribution in [0.15, 0.2) is 23.0 Å². The van der Waals surface area contributed by atoms with E-state index in [1.54, 1.807) is 23.2 Å². The van der Waals surface area contributed by atoms with Crippen LogP contribution in [0.2, 0.25) is 0 Å². The molecular formula is C15H20N2O3. The molecule has 1 aromatic carbocycles. The minimum Gasteiger partial charge on any atom is -0.388 e. The standard InChI is InChI=1S/C15H20N2O3/c1-9-11(6-7-20-9)14(18)10-4-5-12-13(8-10)17(3)15(19)16(12)2/h4-5,8-9,11,14,18H,6-7H2,1-3H3. The molecule has 3 rings (SSSR count). The maximum atomic E-state index is 11.9. The van der Waals surface area contributed by atoms with E-state index in [0.29, 0.717) is 6.61 Å². The van der Waals surface area contributed by atoms with Gasteiger partial charge in [0, 0.05) is 26.6 Å². The molecule has 5 heteroatoms. The number of aliphatic hydroxyl groups is 1. The molecule has 20 heavy (non-hydrogen) atoms. The summed E-state index contributed by atoms with van der Waals surface area (Å²) in [6.45, 7) is 2.70. The molecule has 3 unspecified atom stereocenters. The second-order valence-corrected chi connectivity index (χ2v) is 5.62. The fourth-order valence-corrected chi connectivity index (χ4v) is 3.12. The highest BCUT2D eigenvalue weighted by Crippen LogP contribution is 2.34. The van der Waals surface area contributed by atoms with Gasteiger partial charge in [-0.3, -0.25) is 9.13 Å². The van der Waals surface area contributed by atoms with E-state index < -0.39 is 6.10 Å². The predicted molar refractivity (Wildman–Crippen MR) is 76.6 cm³/mol. The maximum absolute atomic E-state index is 11.9. The first-order valence-electron chi connectivity index (χ1n) is 6.95. The van der Waals surface area contributed by atoms with Gasteiger partial charge in [0.2, 0.25) is 0 Å². The van der Waals surface area contributed by atoms with Gasteiger partial charge in [-0.25, -0.2) is 4.79 Å². The minimum atomic E-state index is -0.549. The van der Waals surface area contributed by atoms with Crippen LogP contribution in [0, 0.1) is 5.92 Å². The van der Waals surface area contributed by atoms with Gasteiger partial charge in [0.05, 0.1) is 23.2 Å². The molecule has 0 saturated carbocycles. The summed E-state index contributed by atoms with van der Waals surface area (Å²) >= 11 is 0. The average Bonchev–Trinajstić information content (AvgIpc) is 2.97. The van der Waals surface area contributed by atoms with Crippen molar-refractivity contribution in [3.05, 3.63) is 34.2 Å². The number of fused-ring (bicyclic) bond motifs is 1. The normalized spacial score (nSPS) is 24.4. The van der Waals surface area contributed by atoms with Crippen molar-refractivity contribution < 1.29 is 9.84 Å². The van der Waals surface area contributed by atoms with Gasteiger partial charge in [-0.1, -0.05) is 6.07 Å². The lowest BCUT2D eigenvalue weighted by Crippen LogP contribution is -2.20. The Balaban J connectivity index is 2.05. The molecule has 0 aliphatic carbocycles. The van der Waals surface area contributed by atoms with Crippen molar-refractivity contribution in [3.8, 4) is 0 Å². The Kier molecular flexibility index (Phi) is 3.18. The van der Waals surface area contributed by atoms with Crippen LogP contribution in [0.5, 0.6) is 0 Å². The molecule has 1 saturated heterocycles. The third-order valence-corrected chi connectivity index (χ3v) is 4.48. The largest absolute Gasteiger partial charge is 0.388 e. The first kappa shape index (κ1) is 13.4. The molecule has 1 aromatic heterocycles. The molecule has 2 heterocycles. The third kappa shape index (κ3) is 1.89. The Bertz CT molecular complexity index is 701. The van der Waals surface area contributed by atoms with Crippen LogP contribution in [0.25, 0.3) is 11.0 Å². The molecule has 2 aromatic rings. The number of aryl methyl sites for hydroxylation is 2. The summed E-state index contributed by atoms with van der Waals surface area (Å²) in [6, 6.07) is 5.71. The summed E-state index contributed by atoms with van der Waals surface area (Å²) in [5.74, 6) is 0.119. The molecule has 1 N–H and O–H groups in total. The van der Waals surface area contributed by atoms with Crippen LogP contribution in [0.3, 0.4) is 0 Å². The third-order valence-electron chi connectivity index (χ3n) is 4.48. The molecule has 1 fully saturated rings. The van der Waals surface area contributed by atoms with E-state index in [4.69, 9.17) is 4.74 Å². The minimum absolute atomic E-state index is 0.0517. The topological polar surface area (TPSA) is 56.4 Å². The van der Waals surface area contributed by atoms with Crippen molar-refractivity contribution in [3.63, 3.8) is 0 Å². The smallest absolute Gasteiger partial charge is 0.328 e. The van der Waals surface area contributed by atoms with E-state index >= 15 is 0 Å². The van der Waals surface area contributed by atoms with Gasteiger partial charge in [0.25, 0.3) is 0 Å². The summed E-state index contributed by atoms with van der Waals surface area (Å²) in [4.78, 5) is 11.9. The number of aromatic nitrogens is 2. The van der Waals surface area contributed by atoms with Gasteiger partial charge in [0.1, 0.15) is 0 Å². The van der Waals surface area contributed by atoms with Crippen molar-refractivity contribution in [2.24, 2.45) is 20.0 Å². The van der Waals surface area contributed by atoms with Gasteiger partial charge >= 0.3 is 5.69 Å². The number of ether oxygens (including phenoxy) is 1. The second-order valence-electron chi connectivity index (χ2n) is 5.62. The van der Waals surface area contributed by atoms with Gasteiger partial charge in [-0.05, 0) is 31.0 Å². The molecule has 5 nitrogen and oxygen atoms in total. The van der Waals surface area contributed by atoms with Gasteiger partial charge in [-0.2, -0.15) is 0 Å². The van der Waals surface area contributed by atoms with Crippen molar-refractivity contribution in [1.29, 1.82) is 0 Å². The van der Waals surface area contributed by atoms with Crippen LogP contribution in [-0.4, -0.2) is 27.0 Å². The van der Waals surface area contributed by atoms with Crippen LogP contribution >= 0.6 is 0 Å². The van der Waals surface area contributed by atoms with E-state index in [9.17, 15) is 9.90 Å². The quantitative estimate of drug-likeness (QED) is 0.900. The number of benzene rings is 1. The lowest BCUT2D eigenvalue weighted by Gasteiger charge is -2.21. The van der Waals surface area contributed by atoms with Crippen molar-refractivity contribution >= 4 is 11.0 Å². The van der Waals surface area contributed by atoms with E-state index in [1.807, 2.05) is 25.1 Å². The van der Waals surface area contributed by atoms with Crippen LogP contribution in [0.1, 0.15) is 25.0 Å². The highest BCUT2D eigenvalue weighted by molar-refractivity contribution is 5.77. The zero-order chi connectivity index (χ0) is 14.4. The van der Waals surface area contributed by atoms with Gasteiger partial charge < -0.3 is 9.84 Å². The molecule has 108 valence electrons. The summed E-state index contributed by atoms with van der Waals surface area (Å²) in [7, 11) is 3.51. The van der Waals surface area contributed by atoms with E-state index in [-0.39, 0.29) is 17.7 Å². The number of imidazole rings is 1. The summed E-state index contributed by atoms with van der Waals surface area (Å²) in [5.41, 5.74) is 2.52. The van der Waals surface area contributed by atoms with Crippen LogP contribution in [-0.2, 0) is 18.8 Å². The number of nitrogens with zero attached hydrogens (tertiary/aromatic N) is 2. The zero-order valence-corrected chi connectivity index (χ0v) is 12.0. The number of hydrogen-bond acceptors (Lipinski definition) is 3. The fraction of sp³-hybridized carbons (Fsp3) is 0.533. The maximum Gasteiger partial charge on any atom is 0.328 e. The molecule has 0 bridgehead atoms. The first-order chi connectivity index (χ1) is 9.50. The number of hydrogen-bond donors (Lipinski definition) is 1. The fourth-order valence-electron chi connectivity index (χ4n) is 3.12. The average molecular weight is 276 g/mol. The number of rotatable bonds is 2. The lowest BCUT2D eigenvalue weighted by molar-refractivity contribution is 0.0432. The Morgan fingerprint density at radius 2 is 2.00 bits per heavy atom. The molecule has 3 atom stereocenters.